The first-order valence-corrected chi connectivity index (χ1v) is 10.9. The largest absolute Gasteiger partial charge is 0.352 e. The van der Waals surface area contributed by atoms with E-state index < -0.39 is 0 Å². The van der Waals surface area contributed by atoms with Crippen molar-refractivity contribution in [2.24, 2.45) is 17.8 Å². The lowest BCUT2D eigenvalue weighted by Gasteiger charge is -2.50. The zero-order valence-corrected chi connectivity index (χ0v) is 17.0. The Morgan fingerprint density at radius 2 is 1.87 bits per heavy atom. The molecule has 2 amide bonds. The van der Waals surface area contributed by atoms with Crippen LogP contribution in [0.15, 0.2) is 48.5 Å². The summed E-state index contributed by atoms with van der Waals surface area (Å²) in [6.45, 7) is 1.90. The molecule has 1 N–H and O–H groups in total. The van der Waals surface area contributed by atoms with E-state index in [1.807, 2.05) is 53.4 Å². The van der Waals surface area contributed by atoms with E-state index >= 15 is 0 Å². The molecule has 0 bridgehead atoms. The van der Waals surface area contributed by atoms with Gasteiger partial charge in [0.15, 0.2) is 5.78 Å². The minimum atomic E-state index is -0.0163. The van der Waals surface area contributed by atoms with E-state index in [-0.39, 0.29) is 29.4 Å². The number of carbonyl (C=O) groups excluding carboxylic acids is 3. The quantitative estimate of drug-likeness (QED) is 0.854. The van der Waals surface area contributed by atoms with Gasteiger partial charge in [0.05, 0.1) is 0 Å². The molecular formula is C25H26N2O3. The average molecular weight is 402 g/mol. The molecule has 5 nitrogen and oxygen atoms in total. The molecule has 2 aromatic carbocycles. The van der Waals surface area contributed by atoms with E-state index in [9.17, 15) is 14.4 Å². The van der Waals surface area contributed by atoms with Crippen LogP contribution in [0.3, 0.4) is 0 Å². The van der Waals surface area contributed by atoms with Gasteiger partial charge in [-0.3, -0.25) is 14.4 Å². The number of fused-ring (bicyclic) bond motifs is 2. The van der Waals surface area contributed by atoms with Crippen molar-refractivity contribution in [1.29, 1.82) is 0 Å². The molecule has 0 spiro atoms. The first kappa shape index (κ1) is 19.0. The molecule has 3 atom stereocenters. The van der Waals surface area contributed by atoms with Crippen LogP contribution in [0.25, 0.3) is 0 Å². The summed E-state index contributed by atoms with van der Waals surface area (Å²) in [5.41, 5.74) is 3.37. The van der Waals surface area contributed by atoms with Crippen LogP contribution < -0.4 is 5.32 Å². The second-order valence-corrected chi connectivity index (χ2v) is 8.76. The van der Waals surface area contributed by atoms with Gasteiger partial charge in [0.2, 0.25) is 5.91 Å². The highest BCUT2D eigenvalue weighted by Crippen LogP contribution is 2.46. The third-order valence-electron chi connectivity index (χ3n) is 7.12. The van der Waals surface area contributed by atoms with Crippen molar-refractivity contribution in [1.82, 2.24) is 10.2 Å². The molecule has 0 aromatic heterocycles. The van der Waals surface area contributed by atoms with Gasteiger partial charge in [0, 0.05) is 43.1 Å². The Morgan fingerprint density at radius 1 is 1.03 bits per heavy atom. The summed E-state index contributed by atoms with van der Waals surface area (Å²) in [5.74, 6) is 0.988. The molecule has 3 aliphatic rings. The monoisotopic (exact) mass is 402 g/mol. The number of ketones is 1. The number of rotatable bonds is 4. The lowest BCUT2D eigenvalue weighted by molar-refractivity contribution is -0.136. The van der Waals surface area contributed by atoms with Gasteiger partial charge in [0.25, 0.3) is 5.91 Å². The molecule has 0 radical (unpaired) electrons. The van der Waals surface area contributed by atoms with E-state index in [0.717, 1.165) is 30.5 Å². The number of nitrogens with one attached hydrogen (secondary N) is 1. The van der Waals surface area contributed by atoms with E-state index in [0.29, 0.717) is 43.0 Å². The highest BCUT2D eigenvalue weighted by molar-refractivity contribution is 6.05. The maximum absolute atomic E-state index is 13.2. The van der Waals surface area contributed by atoms with Gasteiger partial charge in [-0.1, -0.05) is 42.5 Å². The molecule has 1 aliphatic heterocycles. The molecule has 2 aromatic rings. The van der Waals surface area contributed by atoms with Crippen molar-refractivity contribution in [2.45, 2.75) is 32.2 Å². The minimum absolute atomic E-state index is 0.00958. The number of Topliss-reactive ketones (excluding diaryl/α,β-unsaturated/α-hetero) is 1. The Labute approximate surface area is 176 Å². The van der Waals surface area contributed by atoms with Crippen LogP contribution in [0, 0.1) is 17.8 Å². The maximum Gasteiger partial charge on any atom is 0.254 e. The first-order chi connectivity index (χ1) is 14.6. The average Bonchev–Trinajstić information content (AvgIpc) is 3.14. The van der Waals surface area contributed by atoms with Crippen LogP contribution in [0.1, 0.15) is 51.1 Å². The van der Waals surface area contributed by atoms with E-state index in [1.54, 1.807) is 0 Å². The van der Waals surface area contributed by atoms with Crippen molar-refractivity contribution in [3.8, 4) is 0 Å². The molecule has 5 rings (SSSR count). The number of likely N-dealkylation sites (tertiary alicyclic amines) is 1. The number of carbonyl (C=O) groups is 3. The predicted octanol–water partition coefficient (Wildman–Crippen LogP) is 3.23. The zero-order valence-electron chi connectivity index (χ0n) is 17.0. The summed E-state index contributed by atoms with van der Waals surface area (Å²) in [7, 11) is 0. The van der Waals surface area contributed by atoms with Gasteiger partial charge in [-0.25, -0.2) is 0 Å². The van der Waals surface area contributed by atoms with E-state index in [2.05, 4.69) is 5.32 Å². The van der Waals surface area contributed by atoms with Crippen molar-refractivity contribution in [3.05, 3.63) is 70.8 Å². The topological polar surface area (TPSA) is 66.5 Å². The molecule has 1 saturated carbocycles. The van der Waals surface area contributed by atoms with Crippen LogP contribution in [0.4, 0.5) is 0 Å². The second kappa shape index (κ2) is 7.71. The van der Waals surface area contributed by atoms with Crippen molar-refractivity contribution in [3.63, 3.8) is 0 Å². The van der Waals surface area contributed by atoms with E-state index in [1.165, 1.54) is 0 Å². The van der Waals surface area contributed by atoms with Crippen molar-refractivity contribution >= 4 is 17.6 Å². The van der Waals surface area contributed by atoms with Gasteiger partial charge in [-0.2, -0.15) is 0 Å². The summed E-state index contributed by atoms with van der Waals surface area (Å²) < 4.78 is 0. The number of hydrogen-bond acceptors (Lipinski definition) is 3. The van der Waals surface area contributed by atoms with Gasteiger partial charge < -0.3 is 10.2 Å². The number of benzene rings is 2. The molecule has 1 heterocycles. The summed E-state index contributed by atoms with van der Waals surface area (Å²) in [6, 6.07) is 15.4. The van der Waals surface area contributed by atoms with Crippen molar-refractivity contribution < 1.29 is 14.4 Å². The van der Waals surface area contributed by atoms with Crippen LogP contribution in [-0.2, 0) is 17.8 Å². The summed E-state index contributed by atoms with van der Waals surface area (Å²) >= 11 is 0. The number of hydrogen-bond donors (Lipinski definition) is 1. The molecule has 0 unspecified atom stereocenters. The van der Waals surface area contributed by atoms with Crippen LogP contribution >= 0.6 is 0 Å². The second-order valence-electron chi connectivity index (χ2n) is 8.76. The zero-order chi connectivity index (χ0) is 20.7. The van der Waals surface area contributed by atoms with Crippen LogP contribution in [-0.4, -0.2) is 35.6 Å². The highest BCUT2D eigenvalue weighted by atomic mass is 16.2. The van der Waals surface area contributed by atoms with Crippen molar-refractivity contribution in [2.75, 3.05) is 13.1 Å². The summed E-state index contributed by atoms with van der Waals surface area (Å²) in [4.78, 5) is 39.9. The summed E-state index contributed by atoms with van der Waals surface area (Å²) in [5, 5.41) is 3.07. The smallest absolute Gasteiger partial charge is 0.254 e. The lowest BCUT2D eigenvalue weighted by Crippen LogP contribution is -2.56. The molecular weight excluding hydrogens is 376 g/mol. The molecule has 2 fully saturated rings. The van der Waals surface area contributed by atoms with Crippen LogP contribution in [0.2, 0.25) is 0 Å². The number of piperidine rings is 1. The SMILES string of the molecule is O=C1CCc2c1cccc2C(=O)N1CC[C@@H]2C[C@@H](C(=O)NCc3ccccc3)[C@@H]2C1. The minimum Gasteiger partial charge on any atom is -0.352 e. The molecule has 30 heavy (non-hydrogen) atoms. The Balaban J connectivity index is 1.24. The fourth-order valence-electron chi connectivity index (χ4n) is 5.35. The predicted molar refractivity (Wildman–Crippen MR) is 113 cm³/mol. The van der Waals surface area contributed by atoms with Gasteiger partial charge in [0.1, 0.15) is 0 Å². The Kier molecular flexibility index (Phi) is 4.89. The molecule has 154 valence electrons. The summed E-state index contributed by atoms with van der Waals surface area (Å²) in [6.07, 6.45) is 3.02. The number of amides is 2. The fourth-order valence-corrected chi connectivity index (χ4v) is 5.35. The molecule has 1 saturated heterocycles. The maximum atomic E-state index is 13.2. The third-order valence-corrected chi connectivity index (χ3v) is 7.12. The first-order valence-electron chi connectivity index (χ1n) is 10.9. The Bertz CT molecular complexity index is 1000. The molecule has 5 heteroatoms. The van der Waals surface area contributed by atoms with Gasteiger partial charge in [-0.05, 0) is 48.3 Å². The number of nitrogens with zero attached hydrogens (tertiary/aromatic N) is 1. The van der Waals surface area contributed by atoms with E-state index in [4.69, 9.17) is 0 Å². The Morgan fingerprint density at radius 3 is 2.70 bits per heavy atom. The van der Waals surface area contributed by atoms with Crippen LogP contribution in [0.5, 0.6) is 0 Å². The molecule has 2 aliphatic carbocycles. The normalized spacial score (nSPS) is 24.6. The third kappa shape index (κ3) is 3.32. The lowest BCUT2D eigenvalue weighted by atomic mass is 9.61. The highest BCUT2D eigenvalue weighted by Gasteiger charge is 2.48. The fraction of sp³-hybridized carbons (Fsp3) is 0.400. The van der Waals surface area contributed by atoms with Gasteiger partial charge >= 0.3 is 0 Å². The standard InChI is InChI=1S/C25H26N2O3/c28-23-10-9-18-19(23)7-4-8-20(18)25(30)27-12-11-17-13-21(22(17)15-27)24(29)26-14-16-5-2-1-3-6-16/h1-8,17,21-22H,9-15H2,(H,26,29)/t17-,21-,22-/m1/s1. The Hall–Kier alpha value is -2.95. The van der Waals surface area contributed by atoms with Gasteiger partial charge in [-0.15, -0.1) is 0 Å².